The number of nitriles is 1. The Morgan fingerprint density at radius 2 is 1.81 bits per heavy atom. The number of ether oxygens (including phenoxy) is 3. The predicted molar refractivity (Wildman–Crippen MR) is 129 cm³/mol. The van der Waals surface area contributed by atoms with Gasteiger partial charge in [0.2, 0.25) is 0 Å². The number of hydrogen-bond donors (Lipinski definition) is 0. The maximum absolute atomic E-state index is 13.5. The molecule has 0 N–H and O–H groups in total. The molecule has 2 aromatic rings. The fourth-order valence-electron chi connectivity index (χ4n) is 3.80. The molecule has 2 aliphatic heterocycles. The lowest BCUT2D eigenvalue weighted by Gasteiger charge is -2.27. The smallest absolute Gasteiger partial charge is 0.420 e. The van der Waals surface area contributed by atoms with Gasteiger partial charge in [-0.25, -0.2) is 0 Å². The summed E-state index contributed by atoms with van der Waals surface area (Å²) in [6, 6.07) is 9.13. The van der Waals surface area contributed by atoms with Crippen LogP contribution in [0, 0.1) is 11.3 Å². The van der Waals surface area contributed by atoms with Crippen molar-refractivity contribution in [1.29, 1.82) is 5.26 Å². The summed E-state index contributed by atoms with van der Waals surface area (Å²) in [6.07, 6.45) is -3.21. The number of benzene rings is 2. The van der Waals surface area contributed by atoms with E-state index in [2.05, 4.69) is 4.90 Å². The number of alkyl halides is 3. The molecule has 37 heavy (non-hydrogen) atoms. The molecular formula is C25H22F3N3O5S. The van der Waals surface area contributed by atoms with Crippen molar-refractivity contribution in [1.82, 2.24) is 9.80 Å². The topological polar surface area (TPSA) is 92.1 Å². The Morgan fingerprint density at radius 1 is 1.08 bits per heavy atom. The highest BCUT2D eigenvalue weighted by Gasteiger charge is 2.36. The number of carbonyl (C=O) groups excluding carboxylic acids is 2. The molecule has 0 radical (unpaired) electrons. The van der Waals surface area contributed by atoms with Gasteiger partial charge < -0.3 is 14.2 Å². The number of thioether (sulfide) groups is 1. The van der Waals surface area contributed by atoms with Crippen LogP contribution in [0.25, 0.3) is 6.08 Å². The average Bonchev–Trinajstić information content (AvgIpc) is 3.15. The van der Waals surface area contributed by atoms with Gasteiger partial charge in [0.15, 0.2) is 11.5 Å². The summed E-state index contributed by atoms with van der Waals surface area (Å²) >= 11 is 0.824. The molecule has 2 fully saturated rings. The van der Waals surface area contributed by atoms with Crippen molar-refractivity contribution >= 4 is 29.0 Å². The molecule has 4 rings (SSSR count). The van der Waals surface area contributed by atoms with Gasteiger partial charge in [-0.1, -0.05) is 6.07 Å². The van der Waals surface area contributed by atoms with E-state index >= 15 is 0 Å². The minimum absolute atomic E-state index is 0.00785. The molecule has 0 aliphatic carbocycles. The van der Waals surface area contributed by atoms with Crippen LogP contribution in [0.4, 0.5) is 18.0 Å². The number of methoxy groups -OCH3 is 1. The first-order chi connectivity index (χ1) is 17.7. The van der Waals surface area contributed by atoms with Crippen molar-refractivity contribution < 1.29 is 37.0 Å². The van der Waals surface area contributed by atoms with E-state index in [1.807, 2.05) is 0 Å². The van der Waals surface area contributed by atoms with Crippen molar-refractivity contribution in [2.24, 2.45) is 0 Å². The highest BCUT2D eigenvalue weighted by Crippen LogP contribution is 2.41. The zero-order chi connectivity index (χ0) is 26.6. The zero-order valence-electron chi connectivity index (χ0n) is 19.7. The Morgan fingerprint density at radius 3 is 2.49 bits per heavy atom. The van der Waals surface area contributed by atoms with E-state index in [-0.39, 0.29) is 33.8 Å². The van der Waals surface area contributed by atoms with Crippen LogP contribution < -0.4 is 9.47 Å². The highest BCUT2D eigenvalue weighted by molar-refractivity contribution is 8.18. The lowest BCUT2D eigenvalue weighted by molar-refractivity contribution is -0.138. The highest BCUT2D eigenvalue weighted by atomic mass is 32.2. The summed E-state index contributed by atoms with van der Waals surface area (Å²) in [5.74, 6) is -0.764. The molecule has 12 heteroatoms. The molecule has 0 unspecified atom stereocenters. The van der Waals surface area contributed by atoms with Gasteiger partial charge >= 0.3 is 6.18 Å². The summed E-state index contributed by atoms with van der Waals surface area (Å²) in [4.78, 5) is 28.8. The maximum atomic E-state index is 13.5. The number of rotatable bonds is 7. The van der Waals surface area contributed by atoms with Crippen LogP contribution in [-0.4, -0.2) is 67.4 Å². The van der Waals surface area contributed by atoms with Gasteiger partial charge in [0.1, 0.15) is 5.75 Å². The van der Waals surface area contributed by atoms with Crippen molar-refractivity contribution in [2.45, 2.75) is 6.18 Å². The molecule has 0 bridgehead atoms. The van der Waals surface area contributed by atoms with Gasteiger partial charge in [-0.15, -0.1) is 0 Å². The molecule has 0 atom stereocenters. The fourth-order valence-corrected chi connectivity index (χ4v) is 4.66. The average molecular weight is 534 g/mol. The molecule has 2 saturated heterocycles. The predicted octanol–water partition coefficient (Wildman–Crippen LogP) is 4.75. The van der Waals surface area contributed by atoms with E-state index in [1.54, 1.807) is 6.07 Å². The van der Waals surface area contributed by atoms with Gasteiger partial charge in [0, 0.05) is 26.2 Å². The van der Waals surface area contributed by atoms with Gasteiger partial charge in [-0.3, -0.25) is 19.4 Å². The normalized spacial score (nSPS) is 17.8. The third-order valence-corrected chi connectivity index (χ3v) is 6.64. The molecule has 0 spiro atoms. The first-order valence-corrected chi connectivity index (χ1v) is 12.0. The monoisotopic (exact) mass is 533 g/mol. The number of carbonyl (C=O) groups is 2. The van der Waals surface area contributed by atoms with Gasteiger partial charge in [-0.2, -0.15) is 18.4 Å². The molecule has 2 heterocycles. The first kappa shape index (κ1) is 26.5. The molecule has 8 nitrogen and oxygen atoms in total. The summed E-state index contributed by atoms with van der Waals surface area (Å²) in [5.41, 5.74) is -0.747. The maximum Gasteiger partial charge on any atom is 0.420 e. The molecule has 194 valence electrons. The summed E-state index contributed by atoms with van der Waals surface area (Å²) in [7, 11) is 1.33. The third-order valence-electron chi connectivity index (χ3n) is 5.74. The van der Waals surface area contributed by atoms with E-state index in [0.29, 0.717) is 31.4 Å². The minimum atomic E-state index is -4.74. The largest absolute Gasteiger partial charge is 0.493 e. The van der Waals surface area contributed by atoms with Gasteiger partial charge in [0.05, 0.1) is 42.4 Å². The van der Waals surface area contributed by atoms with E-state index in [4.69, 9.17) is 19.5 Å². The van der Waals surface area contributed by atoms with Crippen molar-refractivity contribution in [2.75, 3.05) is 46.5 Å². The summed E-state index contributed by atoms with van der Waals surface area (Å²) in [6.45, 7) is 3.55. The van der Waals surface area contributed by atoms with E-state index in [1.165, 1.54) is 42.4 Å². The van der Waals surface area contributed by atoms with Crippen molar-refractivity contribution in [3.8, 4) is 23.3 Å². The lowest BCUT2D eigenvalue weighted by atomic mass is 10.1. The molecular weight excluding hydrogens is 511 g/mol. The number of hydrogen-bond acceptors (Lipinski definition) is 8. The van der Waals surface area contributed by atoms with Crippen LogP contribution in [0.3, 0.4) is 0 Å². The van der Waals surface area contributed by atoms with E-state index in [9.17, 15) is 22.8 Å². The minimum Gasteiger partial charge on any atom is -0.493 e. The molecule has 2 amide bonds. The van der Waals surface area contributed by atoms with Gasteiger partial charge in [-0.05, 0) is 53.7 Å². The van der Waals surface area contributed by atoms with Crippen LogP contribution in [0.2, 0.25) is 0 Å². The van der Waals surface area contributed by atoms with Crippen molar-refractivity contribution in [3.63, 3.8) is 0 Å². The van der Waals surface area contributed by atoms with Crippen LogP contribution in [0.15, 0.2) is 41.3 Å². The fraction of sp³-hybridized carbons (Fsp3) is 0.320. The van der Waals surface area contributed by atoms with Crippen LogP contribution in [0.1, 0.15) is 16.7 Å². The molecule has 2 aromatic carbocycles. The molecule has 0 aromatic heterocycles. The number of amides is 2. The van der Waals surface area contributed by atoms with E-state index in [0.717, 1.165) is 30.9 Å². The third kappa shape index (κ3) is 6.25. The Hall–Kier alpha value is -3.53. The van der Waals surface area contributed by atoms with E-state index < -0.39 is 23.4 Å². The Balaban J connectivity index is 1.51. The number of nitrogens with zero attached hydrogens (tertiary/aromatic N) is 3. The summed E-state index contributed by atoms with van der Waals surface area (Å²) < 4.78 is 56.6. The lowest BCUT2D eigenvalue weighted by Crippen LogP contribution is -2.42. The first-order valence-electron chi connectivity index (χ1n) is 11.2. The second-order valence-corrected chi connectivity index (χ2v) is 9.11. The Kier molecular flexibility index (Phi) is 8.06. The second-order valence-electron chi connectivity index (χ2n) is 8.12. The zero-order valence-corrected chi connectivity index (χ0v) is 20.5. The Bertz CT molecular complexity index is 1270. The standard InChI is InChI=1S/C25H22F3N3O5S/c1-34-21-13-16(2-5-20(21)36-19-4-3-17(15-29)12-18(19)25(26,27)28)14-22-23(32)31(24(33)37-22)7-6-30-8-10-35-11-9-30/h2-5,12-14H,6-11H2,1H3/b22-14-. The van der Waals surface area contributed by atoms with Crippen LogP contribution in [0.5, 0.6) is 17.2 Å². The number of halogens is 3. The Labute approximate surface area is 215 Å². The van der Waals surface area contributed by atoms with Crippen LogP contribution >= 0.6 is 11.8 Å². The number of imide groups is 1. The molecule has 0 saturated carbocycles. The van der Waals surface area contributed by atoms with Crippen LogP contribution in [-0.2, 0) is 15.7 Å². The second kappa shape index (κ2) is 11.2. The summed E-state index contributed by atoms with van der Waals surface area (Å²) in [5, 5.41) is 8.58. The molecule has 2 aliphatic rings. The quantitative estimate of drug-likeness (QED) is 0.471. The van der Waals surface area contributed by atoms with Gasteiger partial charge in [0.25, 0.3) is 11.1 Å². The SMILES string of the molecule is COc1cc(/C=C2\SC(=O)N(CCN3CCOCC3)C2=O)ccc1Oc1ccc(C#N)cc1C(F)(F)F. The van der Waals surface area contributed by atoms with Crippen molar-refractivity contribution in [3.05, 3.63) is 58.0 Å². The number of morpholine rings is 1.